The normalized spacial score (nSPS) is 38.0. The fourth-order valence-electron chi connectivity index (χ4n) is 1.51. The maximum absolute atomic E-state index is 10.8. The van der Waals surface area contributed by atoms with Gasteiger partial charge in [-0.05, 0) is 0 Å². The first-order valence-electron chi connectivity index (χ1n) is 4.41. The van der Waals surface area contributed by atoms with Gasteiger partial charge in [-0.25, -0.2) is 0 Å². The van der Waals surface area contributed by atoms with Crippen molar-refractivity contribution in [1.29, 1.82) is 0 Å². The zero-order valence-corrected chi connectivity index (χ0v) is 7.93. The maximum Gasteiger partial charge on any atom is 0.219 e. The summed E-state index contributed by atoms with van der Waals surface area (Å²) in [6, 6.07) is 0. The summed E-state index contributed by atoms with van der Waals surface area (Å²) in [5.74, 6) is -0.440. The van der Waals surface area contributed by atoms with E-state index in [1.807, 2.05) is 0 Å². The molecule has 0 aliphatic carbocycles. The average molecular weight is 205 g/mol. The molecule has 1 saturated heterocycles. The number of amides is 1. The summed E-state index contributed by atoms with van der Waals surface area (Å²) in [7, 11) is 0. The molecule has 1 rings (SSSR count). The third kappa shape index (κ3) is 2.21. The van der Waals surface area contributed by atoms with E-state index < -0.39 is 30.4 Å². The number of carbonyl (C=O) groups excluding carboxylic acids is 1. The van der Waals surface area contributed by atoms with Gasteiger partial charge in [0.2, 0.25) is 5.91 Å². The molecule has 6 nitrogen and oxygen atoms in total. The van der Waals surface area contributed by atoms with Gasteiger partial charge >= 0.3 is 0 Å². The van der Waals surface area contributed by atoms with Crippen LogP contribution in [0.1, 0.15) is 13.3 Å². The van der Waals surface area contributed by atoms with Crippen LogP contribution in [0.4, 0.5) is 0 Å². The first-order chi connectivity index (χ1) is 6.49. The second-order valence-electron chi connectivity index (χ2n) is 3.39. The molecule has 6 heteroatoms. The number of hydrogen-bond donors (Lipinski definition) is 4. The SMILES string of the molecule is CC(=O)N[C@@]1(O)CCO[C@H](CO)[C@H]1O. The van der Waals surface area contributed by atoms with Gasteiger partial charge in [0, 0.05) is 13.3 Å². The third-order valence-electron chi connectivity index (χ3n) is 2.23. The standard InChI is InChI=1S/C8H15NO5/c1-5(11)9-8(13)2-3-14-6(4-10)7(8)12/h6-7,10,12-13H,2-4H2,1H3,(H,9,11)/t6-,7-,8-/m1/s1. The molecule has 4 N–H and O–H groups in total. The Kier molecular flexibility index (Phi) is 3.43. The lowest BCUT2D eigenvalue weighted by Gasteiger charge is -2.41. The van der Waals surface area contributed by atoms with Crippen LogP contribution in [0.25, 0.3) is 0 Å². The van der Waals surface area contributed by atoms with E-state index in [0.717, 1.165) is 0 Å². The van der Waals surface area contributed by atoms with Crippen molar-refractivity contribution in [1.82, 2.24) is 5.32 Å². The second kappa shape index (κ2) is 4.22. The molecule has 0 spiro atoms. The van der Waals surface area contributed by atoms with Crippen LogP contribution in [0.3, 0.4) is 0 Å². The summed E-state index contributed by atoms with van der Waals surface area (Å²) in [6.07, 6.45) is -2.07. The van der Waals surface area contributed by atoms with Crippen molar-refractivity contribution in [2.75, 3.05) is 13.2 Å². The summed E-state index contributed by atoms with van der Waals surface area (Å²) in [6.45, 7) is 1.02. The number of rotatable bonds is 2. The summed E-state index contributed by atoms with van der Waals surface area (Å²) >= 11 is 0. The van der Waals surface area contributed by atoms with Crippen molar-refractivity contribution in [2.24, 2.45) is 0 Å². The summed E-state index contributed by atoms with van der Waals surface area (Å²) < 4.78 is 5.01. The van der Waals surface area contributed by atoms with E-state index in [4.69, 9.17) is 9.84 Å². The highest BCUT2D eigenvalue weighted by Gasteiger charge is 2.44. The number of aliphatic hydroxyl groups is 3. The average Bonchev–Trinajstić information content (AvgIpc) is 2.09. The molecular formula is C8H15NO5. The van der Waals surface area contributed by atoms with Gasteiger partial charge in [0.25, 0.3) is 0 Å². The third-order valence-corrected chi connectivity index (χ3v) is 2.23. The van der Waals surface area contributed by atoms with Gasteiger partial charge in [0.05, 0.1) is 13.2 Å². The van der Waals surface area contributed by atoms with E-state index in [0.29, 0.717) is 0 Å². The quantitative estimate of drug-likeness (QED) is 0.389. The predicted octanol–water partition coefficient (Wildman–Crippen LogP) is -2.05. The van der Waals surface area contributed by atoms with Crippen molar-refractivity contribution < 1.29 is 24.9 Å². The Labute approximate surface area is 81.5 Å². The molecule has 0 aromatic rings. The Morgan fingerprint density at radius 3 is 2.86 bits per heavy atom. The van der Waals surface area contributed by atoms with E-state index >= 15 is 0 Å². The Hall–Kier alpha value is -0.690. The van der Waals surface area contributed by atoms with Crippen LogP contribution in [-0.2, 0) is 9.53 Å². The monoisotopic (exact) mass is 205 g/mol. The zero-order valence-electron chi connectivity index (χ0n) is 7.93. The number of hydrogen-bond acceptors (Lipinski definition) is 5. The van der Waals surface area contributed by atoms with Gasteiger partial charge in [0.1, 0.15) is 12.2 Å². The van der Waals surface area contributed by atoms with Crippen molar-refractivity contribution in [3.63, 3.8) is 0 Å². The summed E-state index contributed by atoms with van der Waals surface area (Å²) in [5.41, 5.74) is -1.70. The van der Waals surface area contributed by atoms with Crippen molar-refractivity contribution >= 4 is 5.91 Å². The molecule has 0 saturated carbocycles. The minimum atomic E-state index is -1.70. The molecule has 1 fully saturated rings. The van der Waals surface area contributed by atoms with Gasteiger partial charge < -0.3 is 25.4 Å². The Morgan fingerprint density at radius 2 is 2.36 bits per heavy atom. The lowest BCUT2D eigenvalue weighted by molar-refractivity contribution is -0.210. The molecule has 1 aliphatic rings. The summed E-state index contributed by atoms with van der Waals surface area (Å²) in [5, 5.41) is 30.5. The van der Waals surface area contributed by atoms with Crippen molar-refractivity contribution in [2.45, 2.75) is 31.3 Å². The maximum atomic E-state index is 10.8. The van der Waals surface area contributed by atoms with Gasteiger partial charge in [-0.15, -0.1) is 0 Å². The Bertz CT molecular complexity index is 222. The van der Waals surface area contributed by atoms with Gasteiger partial charge in [-0.3, -0.25) is 4.79 Å². The Morgan fingerprint density at radius 1 is 1.71 bits per heavy atom. The molecule has 1 heterocycles. The van der Waals surface area contributed by atoms with Crippen LogP contribution < -0.4 is 5.32 Å². The molecule has 0 aromatic carbocycles. The van der Waals surface area contributed by atoms with Gasteiger partial charge in [-0.2, -0.15) is 0 Å². The Balaban J connectivity index is 2.70. The molecule has 0 radical (unpaired) electrons. The number of ether oxygens (including phenoxy) is 1. The first kappa shape index (κ1) is 11.4. The molecule has 82 valence electrons. The minimum absolute atomic E-state index is 0.101. The van der Waals surface area contributed by atoms with E-state index in [1.54, 1.807) is 0 Å². The van der Waals surface area contributed by atoms with Crippen LogP contribution >= 0.6 is 0 Å². The lowest BCUT2D eigenvalue weighted by Crippen LogP contribution is -2.64. The molecule has 0 bridgehead atoms. The van der Waals surface area contributed by atoms with Crippen LogP contribution in [0.15, 0.2) is 0 Å². The number of nitrogens with one attached hydrogen (secondary N) is 1. The molecule has 1 aliphatic heterocycles. The highest BCUT2D eigenvalue weighted by molar-refractivity contribution is 5.73. The topological polar surface area (TPSA) is 99.0 Å². The highest BCUT2D eigenvalue weighted by atomic mass is 16.5. The van der Waals surface area contributed by atoms with E-state index in [-0.39, 0.29) is 13.0 Å². The van der Waals surface area contributed by atoms with E-state index in [9.17, 15) is 15.0 Å². The lowest BCUT2D eigenvalue weighted by atomic mass is 9.95. The zero-order chi connectivity index (χ0) is 10.8. The largest absolute Gasteiger partial charge is 0.394 e. The molecular weight excluding hydrogens is 190 g/mol. The minimum Gasteiger partial charge on any atom is -0.394 e. The first-order valence-corrected chi connectivity index (χ1v) is 4.41. The molecule has 1 amide bonds. The predicted molar refractivity (Wildman–Crippen MR) is 46.2 cm³/mol. The number of carbonyl (C=O) groups is 1. The molecule has 0 aromatic heterocycles. The van der Waals surface area contributed by atoms with Crippen molar-refractivity contribution in [3.05, 3.63) is 0 Å². The van der Waals surface area contributed by atoms with Gasteiger partial charge in [0.15, 0.2) is 5.72 Å². The molecule has 3 atom stereocenters. The van der Waals surface area contributed by atoms with Crippen LogP contribution in [0.2, 0.25) is 0 Å². The van der Waals surface area contributed by atoms with E-state index in [1.165, 1.54) is 6.92 Å². The summed E-state index contributed by atoms with van der Waals surface area (Å²) in [4.78, 5) is 10.8. The smallest absolute Gasteiger partial charge is 0.219 e. The highest BCUT2D eigenvalue weighted by Crippen LogP contribution is 2.22. The van der Waals surface area contributed by atoms with Crippen molar-refractivity contribution in [3.8, 4) is 0 Å². The fourth-order valence-corrected chi connectivity index (χ4v) is 1.51. The van der Waals surface area contributed by atoms with Gasteiger partial charge in [-0.1, -0.05) is 0 Å². The van der Waals surface area contributed by atoms with E-state index in [2.05, 4.69) is 5.32 Å². The van der Waals surface area contributed by atoms with Crippen LogP contribution in [0.5, 0.6) is 0 Å². The fraction of sp³-hybridized carbons (Fsp3) is 0.875. The molecule has 14 heavy (non-hydrogen) atoms. The van der Waals surface area contributed by atoms with Crippen LogP contribution in [0, 0.1) is 0 Å². The second-order valence-corrected chi connectivity index (χ2v) is 3.39. The van der Waals surface area contributed by atoms with Crippen LogP contribution in [-0.4, -0.2) is 52.4 Å². The molecule has 0 unspecified atom stereocenters. The number of aliphatic hydroxyl groups excluding tert-OH is 2.